The lowest BCUT2D eigenvalue weighted by atomic mass is 10.1. The number of Topliss-reactive ketones (excluding diaryl/α,β-unsaturated/α-hetero) is 1. The Bertz CT molecular complexity index is 507. The molecular weight excluding hydrogens is 302 g/mol. The van der Waals surface area contributed by atoms with Crippen molar-refractivity contribution in [1.82, 2.24) is 4.90 Å². The highest BCUT2D eigenvalue weighted by Crippen LogP contribution is 2.18. The Morgan fingerprint density at radius 2 is 2.18 bits per heavy atom. The van der Waals surface area contributed by atoms with Gasteiger partial charge in [0.05, 0.1) is 17.5 Å². The number of hydrogen-bond donors (Lipinski definition) is 0. The van der Waals surface area contributed by atoms with Gasteiger partial charge in [-0.25, -0.2) is 4.79 Å². The molecule has 2 rings (SSSR count). The van der Waals surface area contributed by atoms with Crippen molar-refractivity contribution < 1.29 is 19.1 Å². The highest BCUT2D eigenvalue weighted by molar-refractivity contribution is 7.12. The Balaban J connectivity index is 1.80. The number of likely N-dealkylation sites (tertiary alicyclic amines) is 1. The van der Waals surface area contributed by atoms with Gasteiger partial charge in [0, 0.05) is 6.54 Å². The number of amides is 1. The molecule has 0 aliphatic carbocycles. The first-order chi connectivity index (χ1) is 10.3. The average molecular weight is 325 g/mol. The molecule has 1 saturated heterocycles. The van der Waals surface area contributed by atoms with Crippen LogP contribution in [-0.2, 0) is 9.47 Å². The summed E-state index contributed by atoms with van der Waals surface area (Å²) in [6.07, 6.45) is 1.30. The largest absolute Gasteiger partial charge is 0.444 e. The van der Waals surface area contributed by atoms with E-state index in [-0.39, 0.29) is 24.6 Å². The van der Waals surface area contributed by atoms with Crippen molar-refractivity contribution in [3.63, 3.8) is 0 Å². The molecule has 0 aromatic carbocycles. The summed E-state index contributed by atoms with van der Waals surface area (Å²) in [5.74, 6) is -0.00982. The molecule has 1 amide bonds. The number of carbonyl (C=O) groups excluding carboxylic acids is 2. The molecule has 5 nitrogen and oxygen atoms in total. The molecule has 1 atom stereocenters. The van der Waals surface area contributed by atoms with E-state index in [0.717, 1.165) is 12.8 Å². The molecule has 0 bridgehead atoms. The van der Waals surface area contributed by atoms with E-state index in [0.29, 0.717) is 18.0 Å². The lowest BCUT2D eigenvalue weighted by Gasteiger charge is -2.33. The van der Waals surface area contributed by atoms with E-state index < -0.39 is 5.60 Å². The molecular formula is C16H23NO4S. The van der Waals surface area contributed by atoms with E-state index in [1.165, 1.54) is 11.3 Å². The summed E-state index contributed by atoms with van der Waals surface area (Å²) in [5, 5.41) is 1.87. The number of rotatable bonds is 4. The van der Waals surface area contributed by atoms with Gasteiger partial charge in [0.15, 0.2) is 5.78 Å². The Labute approximate surface area is 135 Å². The molecule has 122 valence electrons. The van der Waals surface area contributed by atoms with Gasteiger partial charge in [-0.05, 0) is 45.1 Å². The third kappa shape index (κ3) is 5.10. The fourth-order valence-electron chi connectivity index (χ4n) is 2.27. The van der Waals surface area contributed by atoms with Crippen LogP contribution >= 0.6 is 11.3 Å². The second-order valence-electron chi connectivity index (χ2n) is 6.40. The highest BCUT2D eigenvalue weighted by atomic mass is 32.1. The van der Waals surface area contributed by atoms with Crippen molar-refractivity contribution in [2.24, 2.45) is 0 Å². The minimum atomic E-state index is -0.500. The predicted octanol–water partition coefficient (Wildman–Crippen LogP) is 3.35. The molecule has 0 unspecified atom stereocenters. The fourth-order valence-corrected chi connectivity index (χ4v) is 2.92. The number of ketones is 1. The summed E-state index contributed by atoms with van der Waals surface area (Å²) in [6, 6.07) is 3.65. The first kappa shape index (κ1) is 17.0. The van der Waals surface area contributed by atoms with Crippen LogP contribution in [0.5, 0.6) is 0 Å². The quantitative estimate of drug-likeness (QED) is 0.797. The van der Waals surface area contributed by atoms with E-state index in [9.17, 15) is 9.59 Å². The van der Waals surface area contributed by atoms with Gasteiger partial charge in [0.1, 0.15) is 12.2 Å². The van der Waals surface area contributed by atoms with Gasteiger partial charge >= 0.3 is 6.09 Å². The second-order valence-corrected chi connectivity index (χ2v) is 7.35. The Morgan fingerprint density at radius 3 is 2.82 bits per heavy atom. The van der Waals surface area contributed by atoms with Crippen LogP contribution < -0.4 is 0 Å². The highest BCUT2D eigenvalue weighted by Gasteiger charge is 2.28. The number of nitrogens with zero attached hydrogens (tertiary/aromatic N) is 1. The zero-order valence-electron chi connectivity index (χ0n) is 13.3. The first-order valence-corrected chi connectivity index (χ1v) is 8.39. The summed E-state index contributed by atoms with van der Waals surface area (Å²) in [5.41, 5.74) is -0.500. The van der Waals surface area contributed by atoms with E-state index in [2.05, 4.69) is 0 Å². The van der Waals surface area contributed by atoms with Crippen molar-refractivity contribution >= 4 is 23.2 Å². The van der Waals surface area contributed by atoms with Crippen LogP contribution in [0.15, 0.2) is 17.5 Å². The molecule has 1 aromatic rings. The van der Waals surface area contributed by atoms with Gasteiger partial charge in [-0.15, -0.1) is 11.3 Å². The normalized spacial score (nSPS) is 19.0. The van der Waals surface area contributed by atoms with Crippen molar-refractivity contribution in [2.75, 3.05) is 19.7 Å². The first-order valence-electron chi connectivity index (χ1n) is 7.51. The van der Waals surface area contributed by atoms with E-state index in [4.69, 9.17) is 9.47 Å². The maximum atomic E-state index is 12.1. The maximum Gasteiger partial charge on any atom is 0.410 e. The summed E-state index contributed by atoms with van der Waals surface area (Å²) < 4.78 is 11.1. The number of piperidine rings is 1. The van der Waals surface area contributed by atoms with Gasteiger partial charge in [0.25, 0.3) is 0 Å². The van der Waals surface area contributed by atoms with Gasteiger partial charge in [0.2, 0.25) is 0 Å². The van der Waals surface area contributed by atoms with Crippen LogP contribution in [0.1, 0.15) is 43.3 Å². The summed E-state index contributed by atoms with van der Waals surface area (Å²) in [4.78, 5) is 26.4. The van der Waals surface area contributed by atoms with Crippen LogP contribution in [0.2, 0.25) is 0 Å². The van der Waals surface area contributed by atoms with Crippen LogP contribution in [0.3, 0.4) is 0 Å². The SMILES string of the molecule is CC(C)(C)OC(=O)N1CCC[C@@H](OCC(=O)c2cccs2)C1. The smallest absolute Gasteiger partial charge is 0.410 e. The van der Waals surface area contributed by atoms with Gasteiger partial charge in [-0.2, -0.15) is 0 Å². The minimum absolute atomic E-state index is 0.00982. The van der Waals surface area contributed by atoms with E-state index in [1.807, 2.05) is 32.2 Å². The predicted molar refractivity (Wildman–Crippen MR) is 85.4 cm³/mol. The molecule has 1 aliphatic rings. The maximum absolute atomic E-state index is 12.1. The molecule has 2 heterocycles. The lowest BCUT2D eigenvalue weighted by molar-refractivity contribution is -0.0162. The summed E-state index contributed by atoms with van der Waals surface area (Å²) in [7, 11) is 0. The second kappa shape index (κ2) is 7.24. The molecule has 0 saturated carbocycles. The summed E-state index contributed by atoms with van der Waals surface area (Å²) >= 11 is 1.42. The van der Waals surface area contributed by atoms with Crippen LogP contribution in [-0.4, -0.2) is 48.2 Å². The Kier molecular flexibility index (Phi) is 5.58. The summed E-state index contributed by atoms with van der Waals surface area (Å²) in [6.45, 7) is 6.77. The molecule has 0 spiro atoms. The number of thiophene rings is 1. The van der Waals surface area contributed by atoms with Gasteiger partial charge in [-0.1, -0.05) is 6.07 Å². The van der Waals surface area contributed by atoms with Gasteiger partial charge < -0.3 is 14.4 Å². The molecule has 6 heteroatoms. The number of hydrogen-bond acceptors (Lipinski definition) is 5. The minimum Gasteiger partial charge on any atom is -0.444 e. The average Bonchev–Trinajstić information content (AvgIpc) is 2.97. The van der Waals surface area contributed by atoms with Crippen molar-refractivity contribution in [1.29, 1.82) is 0 Å². The van der Waals surface area contributed by atoms with Crippen LogP contribution in [0.4, 0.5) is 4.79 Å². The molecule has 0 N–H and O–H groups in total. The standard InChI is InChI=1S/C16H23NO4S/c1-16(2,3)21-15(19)17-8-4-6-12(10-17)20-11-13(18)14-7-5-9-22-14/h5,7,9,12H,4,6,8,10-11H2,1-3H3/t12-/m1/s1. The molecule has 0 radical (unpaired) electrons. The zero-order chi connectivity index (χ0) is 16.2. The van der Waals surface area contributed by atoms with E-state index in [1.54, 1.807) is 11.0 Å². The Morgan fingerprint density at radius 1 is 1.41 bits per heavy atom. The topological polar surface area (TPSA) is 55.8 Å². The van der Waals surface area contributed by atoms with E-state index >= 15 is 0 Å². The third-order valence-electron chi connectivity index (χ3n) is 3.28. The third-order valence-corrected chi connectivity index (χ3v) is 4.19. The zero-order valence-corrected chi connectivity index (χ0v) is 14.1. The van der Waals surface area contributed by atoms with Crippen LogP contribution in [0, 0.1) is 0 Å². The fraction of sp³-hybridized carbons (Fsp3) is 0.625. The monoisotopic (exact) mass is 325 g/mol. The molecule has 1 aromatic heterocycles. The molecule has 1 aliphatic heterocycles. The Hall–Kier alpha value is -1.40. The van der Waals surface area contributed by atoms with Crippen molar-refractivity contribution in [3.05, 3.63) is 22.4 Å². The van der Waals surface area contributed by atoms with Crippen molar-refractivity contribution in [2.45, 2.75) is 45.3 Å². The van der Waals surface area contributed by atoms with Gasteiger partial charge in [-0.3, -0.25) is 4.79 Å². The lowest BCUT2D eigenvalue weighted by Crippen LogP contribution is -2.45. The molecule has 1 fully saturated rings. The van der Waals surface area contributed by atoms with Crippen molar-refractivity contribution in [3.8, 4) is 0 Å². The molecule has 22 heavy (non-hydrogen) atoms. The van der Waals surface area contributed by atoms with Crippen LogP contribution in [0.25, 0.3) is 0 Å². The number of carbonyl (C=O) groups is 2. The number of ether oxygens (including phenoxy) is 2.